The van der Waals surface area contributed by atoms with Crippen LogP contribution in [0.1, 0.15) is 35.3 Å². The van der Waals surface area contributed by atoms with Gasteiger partial charge in [-0.3, -0.25) is 9.78 Å². The van der Waals surface area contributed by atoms with Crippen molar-refractivity contribution < 1.29 is 9.53 Å². The molecule has 0 bridgehead atoms. The molecule has 0 aliphatic carbocycles. The fourth-order valence-corrected chi connectivity index (χ4v) is 2.05. The van der Waals surface area contributed by atoms with Gasteiger partial charge in [0.1, 0.15) is 0 Å². The van der Waals surface area contributed by atoms with E-state index in [-0.39, 0.29) is 5.78 Å². The molecule has 2 heterocycles. The highest BCUT2D eigenvalue weighted by Crippen LogP contribution is 2.20. The fraction of sp³-hybridized carbons (Fsp3) is 0.538. The summed E-state index contributed by atoms with van der Waals surface area (Å²) in [7, 11) is 0. The number of carbonyl (C=O) groups is 1. The summed E-state index contributed by atoms with van der Waals surface area (Å²) in [5, 5.41) is 0. The maximum absolute atomic E-state index is 12.0. The lowest BCUT2D eigenvalue weighted by atomic mass is 9.92. The van der Waals surface area contributed by atoms with E-state index in [1.807, 2.05) is 13.0 Å². The Balaban J connectivity index is 1.97. The van der Waals surface area contributed by atoms with Gasteiger partial charge in [0, 0.05) is 37.1 Å². The van der Waals surface area contributed by atoms with E-state index in [0.29, 0.717) is 12.3 Å². The molecule has 0 aromatic carbocycles. The number of rotatable bonds is 3. The summed E-state index contributed by atoms with van der Waals surface area (Å²) in [4.78, 5) is 16.1. The summed E-state index contributed by atoms with van der Waals surface area (Å²) in [6.45, 7) is 3.51. The van der Waals surface area contributed by atoms with Crippen molar-refractivity contribution in [2.45, 2.75) is 26.2 Å². The van der Waals surface area contributed by atoms with Crippen LogP contribution in [0.15, 0.2) is 18.3 Å². The van der Waals surface area contributed by atoms with Gasteiger partial charge in [-0.1, -0.05) is 0 Å². The Bertz CT molecular complexity index is 370. The third-order valence-electron chi connectivity index (χ3n) is 3.03. The van der Waals surface area contributed by atoms with E-state index < -0.39 is 0 Å². The average molecular weight is 219 g/mol. The summed E-state index contributed by atoms with van der Waals surface area (Å²) in [5.74, 6) is 0.729. The molecule has 0 radical (unpaired) electrons. The van der Waals surface area contributed by atoms with Gasteiger partial charge in [0.25, 0.3) is 0 Å². The molecule has 86 valence electrons. The number of Topliss-reactive ketones (excluding diaryl/α,β-unsaturated/α-hetero) is 1. The number of hydrogen-bond donors (Lipinski definition) is 0. The Morgan fingerprint density at radius 3 is 2.94 bits per heavy atom. The second-order valence-corrected chi connectivity index (χ2v) is 4.37. The van der Waals surface area contributed by atoms with Crippen LogP contribution in [0, 0.1) is 12.8 Å². The monoisotopic (exact) mass is 219 g/mol. The molecule has 1 aliphatic rings. The molecule has 0 N–H and O–H groups in total. The van der Waals surface area contributed by atoms with Crippen LogP contribution >= 0.6 is 0 Å². The molecule has 1 aromatic heterocycles. The van der Waals surface area contributed by atoms with Crippen LogP contribution in [0.25, 0.3) is 0 Å². The SMILES string of the molecule is Cc1cc(C(=O)CC2CCOCC2)ccn1. The van der Waals surface area contributed by atoms with Crippen molar-refractivity contribution in [1.82, 2.24) is 4.98 Å². The minimum absolute atomic E-state index is 0.234. The molecule has 1 saturated heterocycles. The molecule has 16 heavy (non-hydrogen) atoms. The first-order valence-electron chi connectivity index (χ1n) is 5.79. The molecule has 3 nitrogen and oxygen atoms in total. The Morgan fingerprint density at radius 2 is 2.25 bits per heavy atom. The largest absolute Gasteiger partial charge is 0.381 e. The first-order valence-corrected chi connectivity index (χ1v) is 5.79. The topological polar surface area (TPSA) is 39.2 Å². The predicted octanol–water partition coefficient (Wildman–Crippen LogP) is 2.39. The van der Waals surface area contributed by atoms with E-state index in [1.54, 1.807) is 12.3 Å². The first-order chi connectivity index (χ1) is 7.75. The third-order valence-corrected chi connectivity index (χ3v) is 3.03. The van der Waals surface area contributed by atoms with Crippen LogP contribution in [0.2, 0.25) is 0 Å². The van der Waals surface area contributed by atoms with Crippen LogP contribution in [-0.2, 0) is 4.74 Å². The number of aromatic nitrogens is 1. The fourth-order valence-electron chi connectivity index (χ4n) is 2.05. The van der Waals surface area contributed by atoms with Crippen molar-refractivity contribution in [3.05, 3.63) is 29.6 Å². The molecule has 1 aromatic rings. The van der Waals surface area contributed by atoms with Crippen molar-refractivity contribution in [3.8, 4) is 0 Å². The summed E-state index contributed by atoms with van der Waals surface area (Å²) in [6, 6.07) is 3.66. The number of pyridine rings is 1. The average Bonchev–Trinajstić information content (AvgIpc) is 2.30. The second kappa shape index (κ2) is 5.21. The smallest absolute Gasteiger partial charge is 0.163 e. The van der Waals surface area contributed by atoms with Crippen molar-refractivity contribution in [3.63, 3.8) is 0 Å². The second-order valence-electron chi connectivity index (χ2n) is 4.37. The van der Waals surface area contributed by atoms with Crippen molar-refractivity contribution >= 4 is 5.78 Å². The maximum Gasteiger partial charge on any atom is 0.163 e. The molecule has 0 amide bonds. The lowest BCUT2D eigenvalue weighted by molar-refractivity contribution is 0.0601. The molecular formula is C13H17NO2. The van der Waals surface area contributed by atoms with Gasteiger partial charge in [-0.25, -0.2) is 0 Å². The van der Waals surface area contributed by atoms with Gasteiger partial charge >= 0.3 is 0 Å². The Hall–Kier alpha value is -1.22. The summed E-state index contributed by atoms with van der Waals surface area (Å²) in [5.41, 5.74) is 1.69. The van der Waals surface area contributed by atoms with Gasteiger partial charge in [-0.2, -0.15) is 0 Å². The zero-order valence-electron chi connectivity index (χ0n) is 9.61. The number of carbonyl (C=O) groups excluding carboxylic acids is 1. The van der Waals surface area contributed by atoms with E-state index in [1.165, 1.54) is 0 Å². The Morgan fingerprint density at radius 1 is 1.50 bits per heavy atom. The number of hydrogen-bond acceptors (Lipinski definition) is 3. The van der Waals surface area contributed by atoms with Crippen LogP contribution in [0.3, 0.4) is 0 Å². The van der Waals surface area contributed by atoms with E-state index in [9.17, 15) is 4.79 Å². The summed E-state index contributed by atoms with van der Waals surface area (Å²) >= 11 is 0. The normalized spacial score (nSPS) is 17.3. The molecule has 3 heteroatoms. The molecular weight excluding hydrogens is 202 g/mol. The Kier molecular flexibility index (Phi) is 3.67. The zero-order chi connectivity index (χ0) is 11.4. The highest BCUT2D eigenvalue weighted by atomic mass is 16.5. The number of aryl methyl sites for hydroxylation is 1. The summed E-state index contributed by atoms with van der Waals surface area (Å²) in [6.07, 6.45) is 4.37. The first kappa shape index (κ1) is 11.3. The van der Waals surface area contributed by atoms with Crippen molar-refractivity contribution in [2.75, 3.05) is 13.2 Å². The summed E-state index contributed by atoms with van der Waals surface area (Å²) < 4.78 is 5.28. The predicted molar refractivity (Wildman–Crippen MR) is 61.5 cm³/mol. The zero-order valence-corrected chi connectivity index (χ0v) is 9.61. The number of ether oxygens (including phenoxy) is 1. The molecule has 1 aliphatic heterocycles. The minimum atomic E-state index is 0.234. The van der Waals surface area contributed by atoms with Crippen LogP contribution in [0.5, 0.6) is 0 Å². The quantitative estimate of drug-likeness (QED) is 0.733. The third kappa shape index (κ3) is 2.89. The van der Waals surface area contributed by atoms with Gasteiger partial charge in [-0.05, 0) is 37.8 Å². The highest BCUT2D eigenvalue weighted by molar-refractivity contribution is 5.96. The van der Waals surface area contributed by atoms with E-state index >= 15 is 0 Å². The Labute approximate surface area is 95.8 Å². The standard InChI is InChI=1S/C13H17NO2/c1-10-8-12(2-5-14-10)13(15)9-11-3-6-16-7-4-11/h2,5,8,11H,3-4,6-7,9H2,1H3. The molecule has 0 unspecified atom stereocenters. The molecule has 2 rings (SSSR count). The van der Waals surface area contributed by atoms with E-state index in [4.69, 9.17) is 4.74 Å². The van der Waals surface area contributed by atoms with Crippen LogP contribution < -0.4 is 0 Å². The number of nitrogens with zero attached hydrogens (tertiary/aromatic N) is 1. The molecule has 0 atom stereocenters. The van der Waals surface area contributed by atoms with Crippen molar-refractivity contribution in [1.29, 1.82) is 0 Å². The van der Waals surface area contributed by atoms with Crippen LogP contribution in [0.4, 0.5) is 0 Å². The number of ketones is 1. The maximum atomic E-state index is 12.0. The van der Waals surface area contributed by atoms with Gasteiger partial charge in [0.05, 0.1) is 0 Å². The molecule has 1 fully saturated rings. The van der Waals surface area contributed by atoms with Gasteiger partial charge in [0.15, 0.2) is 5.78 Å². The molecule has 0 saturated carbocycles. The van der Waals surface area contributed by atoms with Gasteiger partial charge in [-0.15, -0.1) is 0 Å². The van der Waals surface area contributed by atoms with E-state index in [0.717, 1.165) is 37.3 Å². The van der Waals surface area contributed by atoms with Gasteiger partial charge in [0.2, 0.25) is 0 Å². The van der Waals surface area contributed by atoms with Gasteiger partial charge < -0.3 is 4.74 Å². The van der Waals surface area contributed by atoms with E-state index in [2.05, 4.69) is 4.98 Å². The lowest BCUT2D eigenvalue weighted by Gasteiger charge is -2.21. The highest BCUT2D eigenvalue weighted by Gasteiger charge is 2.18. The van der Waals surface area contributed by atoms with Crippen molar-refractivity contribution in [2.24, 2.45) is 5.92 Å². The minimum Gasteiger partial charge on any atom is -0.381 e. The molecule has 0 spiro atoms. The lowest BCUT2D eigenvalue weighted by Crippen LogP contribution is -2.18. The van der Waals surface area contributed by atoms with Crippen LogP contribution in [-0.4, -0.2) is 24.0 Å².